The number of benzene rings is 1. The molecule has 1 aromatic rings. The van der Waals surface area contributed by atoms with Gasteiger partial charge in [-0.25, -0.2) is 0 Å². The van der Waals surface area contributed by atoms with Gasteiger partial charge in [0, 0.05) is 18.8 Å². The number of alkyl halides is 1. The van der Waals surface area contributed by atoms with Crippen LogP contribution in [0.25, 0.3) is 0 Å². The van der Waals surface area contributed by atoms with E-state index in [4.69, 9.17) is 4.74 Å². The second-order valence-corrected chi connectivity index (χ2v) is 7.20. The zero-order valence-corrected chi connectivity index (χ0v) is 14.6. The summed E-state index contributed by atoms with van der Waals surface area (Å²) in [5.74, 6) is 1.08. The maximum Gasteiger partial charge on any atom is 0.240 e. The molecule has 1 atom stereocenters. The standard InChI is InChI=1S/C17H23BrN2O2/c1-13-12-14(20-9-6-15(18)17(20)21)4-5-16(13)22-11-10-19-7-2-3-8-19/h4-5,12,15H,2-3,6-11H2,1H3. The fourth-order valence-electron chi connectivity index (χ4n) is 3.16. The largest absolute Gasteiger partial charge is 0.492 e. The molecule has 5 heteroatoms. The average Bonchev–Trinajstić information content (AvgIpc) is 3.12. The molecule has 0 radical (unpaired) electrons. The fourth-order valence-corrected chi connectivity index (χ4v) is 3.61. The van der Waals surface area contributed by atoms with Gasteiger partial charge in [0.2, 0.25) is 5.91 Å². The van der Waals surface area contributed by atoms with Gasteiger partial charge >= 0.3 is 0 Å². The van der Waals surface area contributed by atoms with Crippen molar-refractivity contribution in [1.82, 2.24) is 4.90 Å². The van der Waals surface area contributed by atoms with E-state index in [0.29, 0.717) is 0 Å². The van der Waals surface area contributed by atoms with Crippen molar-refractivity contribution in [3.63, 3.8) is 0 Å². The number of amides is 1. The van der Waals surface area contributed by atoms with Gasteiger partial charge in [-0.2, -0.15) is 0 Å². The van der Waals surface area contributed by atoms with E-state index < -0.39 is 0 Å². The maximum atomic E-state index is 12.1. The second-order valence-electron chi connectivity index (χ2n) is 6.09. The summed E-state index contributed by atoms with van der Waals surface area (Å²) < 4.78 is 5.91. The molecule has 0 aromatic heterocycles. The van der Waals surface area contributed by atoms with Gasteiger partial charge in [0.05, 0.1) is 4.83 Å². The van der Waals surface area contributed by atoms with Gasteiger partial charge in [0.1, 0.15) is 12.4 Å². The van der Waals surface area contributed by atoms with Crippen LogP contribution in [0.4, 0.5) is 5.69 Å². The van der Waals surface area contributed by atoms with Crippen molar-refractivity contribution < 1.29 is 9.53 Å². The quantitative estimate of drug-likeness (QED) is 0.751. The first kappa shape index (κ1) is 15.8. The first-order valence-electron chi connectivity index (χ1n) is 8.06. The van der Waals surface area contributed by atoms with Crippen LogP contribution in [0.3, 0.4) is 0 Å². The van der Waals surface area contributed by atoms with Crippen LogP contribution >= 0.6 is 15.9 Å². The van der Waals surface area contributed by atoms with Crippen LogP contribution in [0.15, 0.2) is 18.2 Å². The predicted molar refractivity (Wildman–Crippen MR) is 92.0 cm³/mol. The normalized spacial score (nSPS) is 22.5. The smallest absolute Gasteiger partial charge is 0.240 e. The number of nitrogens with zero attached hydrogens (tertiary/aromatic N) is 2. The van der Waals surface area contributed by atoms with Crippen LogP contribution in [0.2, 0.25) is 0 Å². The zero-order chi connectivity index (χ0) is 15.5. The Labute approximate surface area is 140 Å². The number of halogens is 1. The number of aryl methyl sites for hydroxylation is 1. The Hall–Kier alpha value is -1.07. The second kappa shape index (κ2) is 7.01. The number of anilines is 1. The summed E-state index contributed by atoms with van der Waals surface area (Å²) in [4.78, 5) is 16.3. The molecule has 0 spiro atoms. The third-order valence-corrected chi connectivity index (χ3v) is 5.32. The number of ether oxygens (including phenoxy) is 1. The summed E-state index contributed by atoms with van der Waals surface area (Å²) in [7, 11) is 0. The highest BCUT2D eigenvalue weighted by Gasteiger charge is 2.30. The van der Waals surface area contributed by atoms with Gasteiger partial charge < -0.3 is 9.64 Å². The summed E-state index contributed by atoms with van der Waals surface area (Å²) >= 11 is 3.42. The molecule has 2 saturated heterocycles. The monoisotopic (exact) mass is 366 g/mol. The van der Waals surface area contributed by atoms with Crippen molar-refractivity contribution in [3.8, 4) is 5.75 Å². The molecule has 4 nitrogen and oxygen atoms in total. The van der Waals surface area contributed by atoms with Crippen molar-refractivity contribution in [1.29, 1.82) is 0 Å². The number of carbonyl (C=O) groups is 1. The molecule has 1 aromatic carbocycles. The molecular formula is C17H23BrN2O2. The summed E-state index contributed by atoms with van der Waals surface area (Å²) in [5, 5.41) is 0. The molecule has 0 saturated carbocycles. The first-order chi connectivity index (χ1) is 10.6. The number of carbonyl (C=O) groups excluding carboxylic acids is 1. The van der Waals surface area contributed by atoms with Crippen molar-refractivity contribution in [2.75, 3.05) is 37.7 Å². The zero-order valence-electron chi connectivity index (χ0n) is 13.1. The Balaban J connectivity index is 1.58. The highest BCUT2D eigenvalue weighted by molar-refractivity contribution is 9.10. The lowest BCUT2D eigenvalue weighted by molar-refractivity contribution is -0.116. The van der Waals surface area contributed by atoms with E-state index >= 15 is 0 Å². The Morgan fingerprint density at radius 1 is 1.27 bits per heavy atom. The molecule has 0 bridgehead atoms. The Kier molecular flexibility index (Phi) is 5.03. The Morgan fingerprint density at radius 3 is 2.68 bits per heavy atom. The molecule has 2 fully saturated rings. The predicted octanol–water partition coefficient (Wildman–Crippen LogP) is 2.97. The third-order valence-electron chi connectivity index (χ3n) is 4.47. The van der Waals surface area contributed by atoms with E-state index in [1.54, 1.807) is 0 Å². The summed E-state index contributed by atoms with van der Waals surface area (Å²) in [6, 6.07) is 6.03. The van der Waals surface area contributed by atoms with Gasteiger partial charge in [-0.1, -0.05) is 15.9 Å². The minimum absolute atomic E-state index is 0.0378. The van der Waals surface area contributed by atoms with E-state index in [1.807, 2.05) is 30.0 Å². The lowest BCUT2D eigenvalue weighted by Gasteiger charge is -2.19. The van der Waals surface area contributed by atoms with Crippen LogP contribution in [-0.4, -0.2) is 48.4 Å². The molecule has 1 unspecified atom stereocenters. The molecule has 0 N–H and O–H groups in total. The first-order valence-corrected chi connectivity index (χ1v) is 8.98. The van der Waals surface area contributed by atoms with E-state index in [2.05, 4.69) is 20.8 Å². The molecule has 120 valence electrons. The molecule has 3 rings (SSSR count). The molecule has 2 heterocycles. The topological polar surface area (TPSA) is 32.8 Å². The number of hydrogen-bond donors (Lipinski definition) is 0. The van der Waals surface area contributed by atoms with Crippen molar-refractivity contribution in [2.24, 2.45) is 0 Å². The number of rotatable bonds is 5. The molecule has 22 heavy (non-hydrogen) atoms. The van der Waals surface area contributed by atoms with E-state index in [1.165, 1.54) is 25.9 Å². The van der Waals surface area contributed by atoms with Crippen LogP contribution in [-0.2, 0) is 4.79 Å². The van der Waals surface area contributed by atoms with Gasteiger partial charge in [-0.05, 0) is 63.0 Å². The van der Waals surface area contributed by atoms with Gasteiger partial charge in [-0.15, -0.1) is 0 Å². The van der Waals surface area contributed by atoms with Crippen LogP contribution < -0.4 is 9.64 Å². The van der Waals surface area contributed by atoms with E-state index in [9.17, 15) is 4.79 Å². The molecule has 0 aliphatic carbocycles. The highest BCUT2D eigenvalue weighted by Crippen LogP contribution is 2.29. The van der Waals surface area contributed by atoms with Gasteiger partial charge in [-0.3, -0.25) is 9.69 Å². The minimum atomic E-state index is -0.0378. The van der Waals surface area contributed by atoms with Crippen molar-refractivity contribution in [3.05, 3.63) is 23.8 Å². The third kappa shape index (κ3) is 3.46. The minimum Gasteiger partial charge on any atom is -0.492 e. The van der Waals surface area contributed by atoms with E-state index in [-0.39, 0.29) is 10.7 Å². The fraction of sp³-hybridized carbons (Fsp3) is 0.588. The van der Waals surface area contributed by atoms with Gasteiger partial charge in [0.25, 0.3) is 0 Å². The highest BCUT2D eigenvalue weighted by atomic mass is 79.9. The molecule has 1 amide bonds. The molecule has 2 aliphatic heterocycles. The van der Waals surface area contributed by atoms with Crippen molar-refractivity contribution >= 4 is 27.5 Å². The summed E-state index contributed by atoms with van der Waals surface area (Å²) in [6.07, 6.45) is 3.49. The maximum absolute atomic E-state index is 12.1. The SMILES string of the molecule is Cc1cc(N2CCC(Br)C2=O)ccc1OCCN1CCCC1. The van der Waals surface area contributed by atoms with Crippen LogP contribution in [0.5, 0.6) is 5.75 Å². The number of likely N-dealkylation sites (tertiary alicyclic amines) is 1. The Morgan fingerprint density at radius 2 is 2.05 bits per heavy atom. The lowest BCUT2D eigenvalue weighted by Crippen LogP contribution is -2.27. The van der Waals surface area contributed by atoms with Crippen LogP contribution in [0.1, 0.15) is 24.8 Å². The Bertz CT molecular complexity index is 543. The average molecular weight is 367 g/mol. The van der Waals surface area contributed by atoms with Crippen LogP contribution in [0, 0.1) is 6.92 Å². The number of hydrogen-bond acceptors (Lipinski definition) is 3. The van der Waals surface area contributed by atoms with Gasteiger partial charge in [0.15, 0.2) is 0 Å². The lowest BCUT2D eigenvalue weighted by atomic mass is 10.2. The summed E-state index contributed by atoms with van der Waals surface area (Å²) in [6.45, 7) is 6.95. The molecule has 2 aliphatic rings. The van der Waals surface area contributed by atoms with Crippen molar-refractivity contribution in [2.45, 2.75) is 31.0 Å². The molecular weight excluding hydrogens is 344 g/mol. The van der Waals surface area contributed by atoms with E-state index in [0.717, 1.165) is 43.1 Å². The summed E-state index contributed by atoms with van der Waals surface area (Å²) in [5.41, 5.74) is 2.06.